The summed E-state index contributed by atoms with van der Waals surface area (Å²) < 4.78 is 0. The van der Waals surface area contributed by atoms with Gasteiger partial charge >= 0.3 is 0 Å². The van der Waals surface area contributed by atoms with Crippen molar-refractivity contribution >= 4 is 11.6 Å². The van der Waals surface area contributed by atoms with Crippen molar-refractivity contribution in [3.63, 3.8) is 0 Å². The number of hydrogen-bond donors (Lipinski definition) is 0. The molecule has 1 aliphatic carbocycles. The highest BCUT2D eigenvalue weighted by molar-refractivity contribution is 6.17. The first kappa shape index (κ1) is 10.1. The Morgan fingerprint density at radius 1 is 1.58 bits per heavy atom. The van der Waals surface area contributed by atoms with Gasteiger partial charge in [-0.05, 0) is 37.0 Å². The number of halogens is 1. The molecular formula is C11H19Cl. The van der Waals surface area contributed by atoms with E-state index in [4.69, 9.17) is 11.6 Å². The smallest absolute Gasteiger partial charge is 0.0229 e. The van der Waals surface area contributed by atoms with Crippen LogP contribution in [0.15, 0.2) is 12.2 Å². The monoisotopic (exact) mass is 186 g/mol. The van der Waals surface area contributed by atoms with Crippen molar-refractivity contribution in [2.45, 2.75) is 39.5 Å². The predicted octanol–water partition coefficient (Wildman–Crippen LogP) is 4.00. The summed E-state index contributed by atoms with van der Waals surface area (Å²) in [5, 5.41) is 0. The van der Waals surface area contributed by atoms with E-state index in [9.17, 15) is 0 Å². The van der Waals surface area contributed by atoms with Crippen LogP contribution in [-0.4, -0.2) is 5.88 Å². The third-order valence-corrected chi connectivity index (χ3v) is 3.37. The van der Waals surface area contributed by atoms with Crippen LogP contribution in [0.4, 0.5) is 0 Å². The third-order valence-electron chi connectivity index (χ3n) is 3.15. The Morgan fingerprint density at radius 2 is 2.25 bits per heavy atom. The summed E-state index contributed by atoms with van der Waals surface area (Å²) in [6.07, 6.45) is 4.95. The van der Waals surface area contributed by atoms with Crippen LogP contribution in [0.2, 0.25) is 0 Å². The summed E-state index contributed by atoms with van der Waals surface area (Å²) in [7, 11) is 0. The largest absolute Gasteiger partial charge is 0.127 e. The van der Waals surface area contributed by atoms with E-state index in [2.05, 4.69) is 20.4 Å². The highest BCUT2D eigenvalue weighted by Gasteiger charge is 2.33. The Labute approximate surface area is 81.0 Å². The van der Waals surface area contributed by atoms with Crippen molar-refractivity contribution in [1.82, 2.24) is 0 Å². The van der Waals surface area contributed by atoms with Crippen LogP contribution in [0.5, 0.6) is 0 Å². The van der Waals surface area contributed by atoms with E-state index < -0.39 is 0 Å². The molecule has 0 saturated heterocycles. The molecule has 1 atom stereocenters. The lowest BCUT2D eigenvalue weighted by Crippen LogP contribution is -2.29. The average molecular weight is 187 g/mol. The minimum Gasteiger partial charge on any atom is -0.127 e. The maximum absolute atomic E-state index is 5.79. The van der Waals surface area contributed by atoms with Crippen LogP contribution in [0.25, 0.3) is 0 Å². The molecule has 1 heteroatoms. The van der Waals surface area contributed by atoms with Crippen LogP contribution in [0.3, 0.4) is 0 Å². The zero-order valence-electron chi connectivity index (χ0n) is 8.20. The molecule has 0 aromatic heterocycles. The van der Waals surface area contributed by atoms with Gasteiger partial charge in [0.2, 0.25) is 0 Å². The van der Waals surface area contributed by atoms with Gasteiger partial charge in [-0.1, -0.05) is 26.0 Å². The molecule has 0 nitrogen and oxygen atoms in total. The molecule has 12 heavy (non-hydrogen) atoms. The fourth-order valence-electron chi connectivity index (χ4n) is 2.38. The van der Waals surface area contributed by atoms with Crippen molar-refractivity contribution in [3.8, 4) is 0 Å². The van der Waals surface area contributed by atoms with E-state index in [0.717, 1.165) is 12.3 Å². The molecule has 1 fully saturated rings. The lowest BCUT2D eigenvalue weighted by Gasteiger charge is -2.40. The zero-order chi connectivity index (χ0) is 9.19. The van der Waals surface area contributed by atoms with E-state index in [1.54, 1.807) is 0 Å². The third kappa shape index (κ3) is 2.04. The molecular weight excluding hydrogens is 168 g/mol. The van der Waals surface area contributed by atoms with Crippen molar-refractivity contribution in [2.75, 3.05) is 5.88 Å². The number of rotatable bonds is 2. The van der Waals surface area contributed by atoms with E-state index >= 15 is 0 Å². The van der Waals surface area contributed by atoms with Gasteiger partial charge in [0, 0.05) is 5.88 Å². The standard InChI is InChI=1S/C11H19Cl/c1-9-5-4-7-11(2,3)10(9)6-8-12/h10H,1,4-8H2,2-3H3/t10-/m1/s1. The van der Waals surface area contributed by atoms with Gasteiger partial charge in [-0.15, -0.1) is 11.6 Å². The Hall–Kier alpha value is 0.0300. The van der Waals surface area contributed by atoms with Crippen molar-refractivity contribution < 1.29 is 0 Å². The average Bonchev–Trinajstić information content (AvgIpc) is 1.97. The Morgan fingerprint density at radius 3 is 2.75 bits per heavy atom. The first-order valence-corrected chi connectivity index (χ1v) is 5.35. The SMILES string of the molecule is C=C1CCCC(C)(C)[C@@H]1CCCl. The van der Waals surface area contributed by atoms with Gasteiger partial charge in [-0.25, -0.2) is 0 Å². The van der Waals surface area contributed by atoms with E-state index in [-0.39, 0.29) is 0 Å². The minimum atomic E-state index is 0.435. The lowest BCUT2D eigenvalue weighted by atomic mass is 9.66. The second-order valence-corrected chi connectivity index (χ2v) is 4.91. The Kier molecular flexibility index (Phi) is 3.22. The number of alkyl halides is 1. The fourth-order valence-corrected chi connectivity index (χ4v) is 2.59. The first-order chi connectivity index (χ1) is 5.58. The molecule has 0 bridgehead atoms. The molecule has 1 saturated carbocycles. The number of hydrogen-bond acceptors (Lipinski definition) is 0. The van der Waals surface area contributed by atoms with Gasteiger partial charge in [0.15, 0.2) is 0 Å². The van der Waals surface area contributed by atoms with E-state index in [1.807, 2.05) is 0 Å². The van der Waals surface area contributed by atoms with Gasteiger partial charge < -0.3 is 0 Å². The second kappa shape index (κ2) is 3.83. The van der Waals surface area contributed by atoms with E-state index in [1.165, 1.54) is 24.8 Å². The van der Waals surface area contributed by atoms with Gasteiger partial charge in [0.1, 0.15) is 0 Å². The van der Waals surface area contributed by atoms with Crippen LogP contribution in [0, 0.1) is 11.3 Å². The van der Waals surface area contributed by atoms with E-state index in [0.29, 0.717) is 11.3 Å². The van der Waals surface area contributed by atoms with Crippen molar-refractivity contribution in [1.29, 1.82) is 0 Å². The first-order valence-electron chi connectivity index (χ1n) is 4.81. The van der Waals surface area contributed by atoms with Gasteiger partial charge in [-0.2, -0.15) is 0 Å². The summed E-state index contributed by atoms with van der Waals surface area (Å²) >= 11 is 5.79. The molecule has 1 rings (SSSR count). The highest BCUT2D eigenvalue weighted by Crippen LogP contribution is 2.44. The van der Waals surface area contributed by atoms with Crippen LogP contribution < -0.4 is 0 Å². The normalized spacial score (nSPS) is 28.9. The molecule has 0 aromatic rings. The highest BCUT2D eigenvalue weighted by atomic mass is 35.5. The Bertz CT molecular complexity index is 170. The topological polar surface area (TPSA) is 0 Å². The molecule has 0 radical (unpaired) electrons. The number of allylic oxidation sites excluding steroid dienone is 1. The molecule has 0 unspecified atom stereocenters. The molecule has 0 aliphatic heterocycles. The Balaban J connectivity index is 2.67. The maximum Gasteiger partial charge on any atom is 0.0229 e. The fraction of sp³-hybridized carbons (Fsp3) is 0.818. The molecule has 0 heterocycles. The lowest BCUT2D eigenvalue weighted by molar-refractivity contribution is 0.186. The molecule has 0 amide bonds. The van der Waals surface area contributed by atoms with Crippen LogP contribution >= 0.6 is 11.6 Å². The summed E-state index contributed by atoms with van der Waals surface area (Å²) in [6, 6.07) is 0. The quantitative estimate of drug-likeness (QED) is 0.452. The maximum atomic E-state index is 5.79. The van der Waals surface area contributed by atoms with Gasteiger partial charge in [0.25, 0.3) is 0 Å². The molecule has 1 aliphatic rings. The summed E-state index contributed by atoms with van der Waals surface area (Å²) in [6.45, 7) is 8.83. The summed E-state index contributed by atoms with van der Waals surface area (Å²) in [5.41, 5.74) is 1.86. The zero-order valence-corrected chi connectivity index (χ0v) is 8.95. The summed E-state index contributed by atoms with van der Waals surface area (Å²) in [5.74, 6) is 1.43. The summed E-state index contributed by atoms with van der Waals surface area (Å²) in [4.78, 5) is 0. The predicted molar refractivity (Wildman–Crippen MR) is 55.6 cm³/mol. The van der Waals surface area contributed by atoms with Gasteiger partial charge in [-0.3, -0.25) is 0 Å². The van der Waals surface area contributed by atoms with Gasteiger partial charge in [0.05, 0.1) is 0 Å². The minimum absolute atomic E-state index is 0.435. The van der Waals surface area contributed by atoms with Crippen molar-refractivity contribution in [2.24, 2.45) is 11.3 Å². The molecule has 0 spiro atoms. The van der Waals surface area contributed by atoms with Crippen LogP contribution in [0.1, 0.15) is 39.5 Å². The molecule has 0 N–H and O–H groups in total. The molecule has 70 valence electrons. The molecule has 0 aromatic carbocycles. The van der Waals surface area contributed by atoms with Crippen LogP contribution in [-0.2, 0) is 0 Å². The second-order valence-electron chi connectivity index (χ2n) is 4.53. The van der Waals surface area contributed by atoms with Crippen molar-refractivity contribution in [3.05, 3.63) is 12.2 Å².